The SMILES string of the molecule is C/C=C\c1cc(C(=N)N=N)ccc1C.CCc1cccc(C)c1.O=CO. The number of nitrogens with zero attached hydrogens (tertiary/aromatic N) is 1. The van der Waals surface area contributed by atoms with E-state index in [2.05, 4.69) is 43.2 Å². The average molecular weight is 353 g/mol. The molecule has 0 unspecified atom stereocenters. The second kappa shape index (κ2) is 13.2. The van der Waals surface area contributed by atoms with Gasteiger partial charge in [-0.15, -0.1) is 5.11 Å². The van der Waals surface area contributed by atoms with E-state index in [-0.39, 0.29) is 12.3 Å². The molecule has 2 rings (SSSR count). The predicted octanol–water partition coefficient (Wildman–Crippen LogP) is 5.64. The Kier molecular flexibility index (Phi) is 11.7. The van der Waals surface area contributed by atoms with Crippen molar-refractivity contribution in [3.8, 4) is 0 Å². The molecule has 0 spiro atoms. The highest BCUT2D eigenvalue weighted by atomic mass is 16.3. The molecular weight excluding hydrogens is 326 g/mol. The van der Waals surface area contributed by atoms with Gasteiger partial charge < -0.3 is 5.11 Å². The van der Waals surface area contributed by atoms with Crippen molar-refractivity contribution in [1.29, 1.82) is 10.9 Å². The third-order valence-corrected chi connectivity index (χ3v) is 3.50. The minimum Gasteiger partial charge on any atom is -0.483 e. The van der Waals surface area contributed by atoms with Crippen LogP contribution in [0.15, 0.2) is 53.7 Å². The van der Waals surface area contributed by atoms with E-state index in [1.807, 2.05) is 44.2 Å². The maximum Gasteiger partial charge on any atom is 0.290 e. The van der Waals surface area contributed by atoms with Crippen LogP contribution in [-0.4, -0.2) is 17.4 Å². The third kappa shape index (κ3) is 8.68. The lowest BCUT2D eigenvalue weighted by molar-refractivity contribution is -0.122. The summed E-state index contributed by atoms with van der Waals surface area (Å²) in [6.07, 6.45) is 5.07. The second-order valence-corrected chi connectivity index (χ2v) is 5.48. The number of carboxylic acid groups (broad SMARTS) is 1. The molecule has 0 heterocycles. The number of nitrogens with one attached hydrogen (secondary N) is 2. The van der Waals surface area contributed by atoms with Crippen molar-refractivity contribution in [2.75, 3.05) is 0 Å². The van der Waals surface area contributed by atoms with E-state index in [4.69, 9.17) is 20.8 Å². The normalized spacial score (nSPS) is 9.38. The molecule has 138 valence electrons. The smallest absolute Gasteiger partial charge is 0.290 e. The van der Waals surface area contributed by atoms with Crippen LogP contribution in [0.2, 0.25) is 0 Å². The lowest BCUT2D eigenvalue weighted by Crippen LogP contribution is -1.94. The highest BCUT2D eigenvalue weighted by molar-refractivity contribution is 5.97. The summed E-state index contributed by atoms with van der Waals surface area (Å²) in [4.78, 5) is 8.36. The zero-order valence-corrected chi connectivity index (χ0v) is 15.8. The molecule has 0 bridgehead atoms. The molecule has 0 saturated carbocycles. The first-order valence-corrected chi connectivity index (χ1v) is 8.26. The largest absolute Gasteiger partial charge is 0.483 e. The Morgan fingerprint density at radius 1 is 1.19 bits per heavy atom. The fourth-order valence-electron chi connectivity index (χ4n) is 2.14. The Morgan fingerprint density at radius 2 is 1.85 bits per heavy atom. The molecule has 3 N–H and O–H groups in total. The first kappa shape index (κ1) is 22.9. The van der Waals surface area contributed by atoms with Crippen molar-refractivity contribution in [2.45, 2.75) is 34.1 Å². The highest BCUT2D eigenvalue weighted by Gasteiger charge is 2.01. The molecule has 5 nitrogen and oxygen atoms in total. The molecule has 0 aliphatic heterocycles. The Bertz CT molecular complexity index is 753. The molecule has 0 aliphatic carbocycles. The maximum absolute atomic E-state index is 8.36. The van der Waals surface area contributed by atoms with E-state index < -0.39 is 0 Å². The van der Waals surface area contributed by atoms with Crippen molar-refractivity contribution in [2.24, 2.45) is 5.11 Å². The van der Waals surface area contributed by atoms with E-state index in [0.717, 1.165) is 17.5 Å². The van der Waals surface area contributed by atoms with Gasteiger partial charge in [-0.2, -0.15) is 0 Å². The molecule has 2 aromatic rings. The van der Waals surface area contributed by atoms with Gasteiger partial charge in [-0.3, -0.25) is 10.2 Å². The van der Waals surface area contributed by atoms with E-state index in [1.165, 1.54) is 11.1 Å². The van der Waals surface area contributed by atoms with E-state index in [0.29, 0.717) is 5.56 Å². The first-order chi connectivity index (χ1) is 12.4. The van der Waals surface area contributed by atoms with Crippen LogP contribution < -0.4 is 0 Å². The van der Waals surface area contributed by atoms with Gasteiger partial charge in [0.25, 0.3) is 6.47 Å². The molecule has 0 atom stereocenters. The number of hydrogen-bond acceptors (Lipinski definition) is 3. The number of hydrogen-bond donors (Lipinski definition) is 3. The van der Waals surface area contributed by atoms with Gasteiger partial charge in [-0.1, -0.05) is 61.0 Å². The minimum atomic E-state index is -0.250. The molecule has 2 aromatic carbocycles. The van der Waals surface area contributed by atoms with Crippen LogP contribution in [0.3, 0.4) is 0 Å². The van der Waals surface area contributed by atoms with Gasteiger partial charge in [-0.05, 0) is 49.9 Å². The summed E-state index contributed by atoms with van der Waals surface area (Å²) in [5.74, 6) is -0.00393. The van der Waals surface area contributed by atoms with Gasteiger partial charge in [0.15, 0.2) is 5.84 Å². The molecule has 26 heavy (non-hydrogen) atoms. The van der Waals surface area contributed by atoms with Crippen molar-refractivity contribution >= 4 is 18.4 Å². The minimum absolute atomic E-state index is 0.00393. The van der Waals surface area contributed by atoms with Gasteiger partial charge in [-0.25, -0.2) is 5.53 Å². The van der Waals surface area contributed by atoms with Crippen LogP contribution in [0.4, 0.5) is 0 Å². The second-order valence-electron chi connectivity index (χ2n) is 5.48. The summed E-state index contributed by atoms with van der Waals surface area (Å²) in [6, 6.07) is 14.2. The van der Waals surface area contributed by atoms with Crippen LogP contribution in [0.25, 0.3) is 6.08 Å². The molecule has 0 amide bonds. The lowest BCUT2D eigenvalue weighted by atomic mass is 10.0. The summed E-state index contributed by atoms with van der Waals surface area (Å²) in [6.45, 7) is 8.01. The van der Waals surface area contributed by atoms with Crippen molar-refractivity contribution in [1.82, 2.24) is 0 Å². The molecule has 0 aliphatic rings. The number of amidine groups is 1. The maximum atomic E-state index is 8.36. The number of rotatable bonds is 3. The molecule has 5 heteroatoms. The molecule has 0 radical (unpaired) electrons. The molecular formula is C21H27N3O2. The molecule has 0 aromatic heterocycles. The standard InChI is InChI=1S/C11H13N3.C9H12.CH2O2/c1-3-4-9-7-10(11(12)14-13)6-5-8(9)2;1-3-9-6-4-5-8(2)7-9;2-1-3/h3-7,12-13H,1-2H3;4-7H,3H2,1-2H3;1H,(H,2,3)/b4-3-,12-11?,14-13?;;. The van der Waals surface area contributed by atoms with Crippen molar-refractivity contribution in [3.63, 3.8) is 0 Å². The zero-order chi connectivity index (χ0) is 19.9. The predicted molar refractivity (Wildman–Crippen MR) is 107 cm³/mol. The van der Waals surface area contributed by atoms with Gasteiger partial charge in [0.2, 0.25) is 0 Å². The van der Waals surface area contributed by atoms with E-state index in [1.54, 1.807) is 0 Å². The van der Waals surface area contributed by atoms with Crippen LogP contribution in [0, 0.1) is 24.8 Å². The lowest BCUT2D eigenvalue weighted by Gasteiger charge is -2.03. The Balaban J connectivity index is 0.000000446. The summed E-state index contributed by atoms with van der Waals surface area (Å²) in [5.41, 5.74) is 12.4. The Labute approximate surface area is 155 Å². The van der Waals surface area contributed by atoms with E-state index in [9.17, 15) is 0 Å². The van der Waals surface area contributed by atoms with Gasteiger partial charge in [0.05, 0.1) is 0 Å². The Hall–Kier alpha value is -3.08. The topological polar surface area (TPSA) is 97.4 Å². The zero-order valence-electron chi connectivity index (χ0n) is 15.8. The van der Waals surface area contributed by atoms with Crippen LogP contribution >= 0.6 is 0 Å². The number of carbonyl (C=O) groups is 1. The van der Waals surface area contributed by atoms with E-state index >= 15 is 0 Å². The number of allylic oxidation sites excluding steroid dienone is 1. The fraction of sp³-hybridized carbons (Fsp3) is 0.238. The van der Waals surface area contributed by atoms with Crippen LogP contribution in [-0.2, 0) is 11.2 Å². The quantitative estimate of drug-likeness (QED) is 0.288. The fourth-order valence-corrected chi connectivity index (χ4v) is 2.14. The summed E-state index contributed by atoms with van der Waals surface area (Å²) in [5, 5.41) is 17.4. The average Bonchev–Trinajstić information content (AvgIpc) is 2.64. The van der Waals surface area contributed by atoms with Crippen molar-refractivity contribution in [3.05, 3.63) is 76.4 Å². The summed E-state index contributed by atoms with van der Waals surface area (Å²) in [7, 11) is 0. The number of aryl methyl sites for hydroxylation is 3. The van der Waals surface area contributed by atoms with Crippen LogP contribution in [0.5, 0.6) is 0 Å². The highest BCUT2D eigenvalue weighted by Crippen LogP contribution is 2.13. The third-order valence-electron chi connectivity index (χ3n) is 3.50. The monoisotopic (exact) mass is 353 g/mol. The van der Waals surface area contributed by atoms with Gasteiger partial charge in [0.1, 0.15) is 0 Å². The number of benzene rings is 2. The molecule has 0 fully saturated rings. The van der Waals surface area contributed by atoms with Crippen molar-refractivity contribution < 1.29 is 9.90 Å². The first-order valence-electron chi connectivity index (χ1n) is 8.26. The molecule has 0 saturated heterocycles. The van der Waals surface area contributed by atoms with Gasteiger partial charge >= 0.3 is 0 Å². The Morgan fingerprint density at radius 3 is 2.31 bits per heavy atom. The summed E-state index contributed by atoms with van der Waals surface area (Å²) >= 11 is 0. The van der Waals surface area contributed by atoms with Crippen LogP contribution in [0.1, 0.15) is 41.7 Å². The summed E-state index contributed by atoms with van der Waals surface area (Å²) < 4.78 is 0. The van der Waals surface area contributed by atoms with Gasteiger partial charge in [0, 0.05) is 5.56 Å².